The van der Waals surface area contributed by atoms with Gasteiger partial charge >= 0.3 is 12.1 Å². The molecular weight excluding hydrogens is 506 g/mol. The summed E-state index contributed by atoms with van der Waals surface area (Å²) in [5.41, 5.74) is -0.214. The Kier molecular flexibility index (Phi) is 10.3. The van der Waals surface area contributed by atoms with E-state index in [1.807, 2.05) is 27.7 Å². The van der Waals surface area contributed by atoms with E-state index in [1.165, 1.54) is 4.90 Å². The van der Waals surface area contributed by atoms with E-state index in [9.17, 15) is 24.0 Å². The van der Waals surface area contributed by atoms with Gasteiger partial charge in [-0.05, 0) is 64.3 Å². The van der Waals surface area contributed by atoms with Crippen molar-refractivity contribution < 1.29 is 38.2 Å². The Morgan fingerprint density at radius 3 is 2.26 bits per heavy atom. The summed E-state index contributed by atoms with van der Waals surface area (Å²) in [6.07, 6.45) is 2.46. The van der Waals surface area contributed by atoms with E-state index in [-0.39, 0.29) is 56.0 Å². The molecule has 3 amide bonds. The lowest BCUT2D eigenvalue weighted by Crippen LogP contribution is -2.59. The van der Waals surface area contributed by atoms with Gasteiger partial charge in [-0.3, -0.25) is 14.4 Å². The van der Waals surface area contributed by atoms with Crippen LogP contribution in [0.1, 0.15) is 63.7 Å². The molecule has 0 bridgehead atoms. The first-order chi connectivity index (χ1) is 18.5. The van der Waals surface area contributed by atoms with Gasteiger partial charge in [0, 0.05) is 24.7 Å². The van der Waals surface area contributed by atoms with Crippen molar-refractivity contribution in [2.24, 2.45) is 0 Å². The molecule has 0 spiro atoms. The van der Waals surface area contributed by atoms with Gasteiger partial charge in [0.2, 0.25) is 11.8 Å². The van der Waals surface area contributed by atoms with Gasteiger partial charge in [0.25, 0.3) is 0 Å². The number of Topliss-reactive ketones (excluding diaryl/α,β-unsaturated/α-hetero) is 1. The van der Waals surface area contributed by atoms with Crippen LogP contribution in [0.15, 0.2) is 24.3 Å². The van der Waals surface area contributed by atoms with Crippen LogP contribution in [-0.2, 0) is 23.9 Å². The van der Waals surface area contributed by atoms with Gasteiger partial charge in [0.1, 0.15) is 24.4 Å². The van der Waals surface area contributed by atoms with E-state index in [4.69, 9.17) is 14.2 Å². The normalized spacial score (nSPS) is 16.8. The number of ether oxygens (including phenoxy) is 3. The molecule has 11 heteroatoms. The number of benzene rings is 1. The van der Waals surface area contributed by atoms with Crippen LogP contribution < -0.4 is 4.74 Å². The molecular formula is C28H39N3O8. The Bertz CT molecular complexity index is 1040. The van der Waals surface area contributed by atoms with Crippen LogP contribution in [0.5, 0.6) is 5.75 Å². The van der Waals surface area contributed by atoms with Crippen LogP contribution >= 0.6 is 0 Å². The molecule has 1 aromatic carbocycles. The zero-order valence-corrected chi connectivity index (χ0v) is 23.3. The smallest absolute Gasteiger partial charge is 0.410 e. The molecule has 39 heavy (non-hydrogen) atoms. The molecule has 0 saturated carbocycles. The first-order valence-corrected chi connectivity index (χ1v) is 13.4. The molecule has 0 atom stereocenters. The lowest BCUT2D eigenvalue weighted by Gasteiger charge is -2.42. The summed E-state index contributed by atoms with van der Waals surface area (Å²) in [6.45, 7) is 7.99. The Labute approximate surface area is 229 Å². The number of amides is 3. The fourth-order valence-corrected chi connectivity index (χ4v) is 4.36. The van der Waals surface area contributed by atoms with Crippen molar-refractivity contribution in [3.63, 3.8) is 0 Å². The van der Waals surface area contributed by atoms with Crippen LogP contribution in [0.4, 0.5) is 4.79 Å². The van der Waals surface area contributed by atoms with Crippen molar-refractivity contribution in [3.8, 4) is 5.75 Å². The molecule has 3 rings (SSSR count). The first kappa shape index (κ1) is 29.9. The monoisotopic (exact) mass is 545 g/mol. The largest absolute Gasteiger partial charge is 0.482 e. The molecule has 2 fully saturated rings. The number of unbranched alkanes of at least 4 members (excludes halogenated alkanes) is 1. The summed E-state index contributed by atoms with van der Waals surface area (Å²) in [5, 5.41) is 0. The second-order valence-electron chi connectivity index (χ2n) is 10.8. The van der Waals surface area contributed by atoms with Crippen LogP contribution in [-0.4, -0.2) is 102 Å². The van der Waals surface area contributed by atoms with E-state index in [2.05, 4.69) is 0 Å². The predicted octanol–water partition coefficient (Wildman–Crippen LogP) is 2.66. The summed E-state index contributed by atoms with van der Waals surface area (Å²) < 4.78 is 15.8. The number of hydrogen-bond donors (Lipinski definition) is 0. The number of nitrogens with zero attached hydrogens (tertiary/aromatic N) is 3. The SMILES string of the molecule is CCCCOC(=O)COc1ccc(C(=O)CN2CC(=O)N(C3CCN(C(=O)OC(C)(C)C)CC3)CC2=O)cc1. The molecule has 2 aliphatic rings. The quantitative estimate of drug-likeness (QED) is 0.250. The number of piperidine rings is 1. The van der Waals surface area contributed by atoms with Gasteiger partial charge in [-0.15, -0.1) is 0 Å². The lowest BCUT2D eigenvalue weighted by molar-refractivity contribution is -0.152. The van der Waals surface area contributed by atoms with E-state index < -0.39 is 11.6 Å². The van der Waals surface area contributed by atoms with E-state index in [0.29, 0.717) is 43.9 Å². The molecule has 0 N–H and O–H groups in total. The topological polar surface area (TPSA) is 123 Å². The number of piperazine rings is 1. The zero-order valence-electron chi connectivity index (χ0n) is 23.3. The highest BCUT2D eigenvalue weighted by atomic mass is 16.6. The van der Waals surface area contributed by atoms with Crippen molar-refractivity contribution in [2.45, 2.75) is 65.0 Å². The molecule has 0 unspecified atom stereocenters. The lowest BCUT2D eigenvalue weighted by atomic mass is 10.0. The van der Waals surface area contributed by atoms with Gasteiger partial charge in [0.05, 0.1) is 13.2 Å². The first-order valence-electron chi connectivity index (χ1n) is 13.4. The minimum absolute atomic E-state index is 0.0929. The molecule has 2 aliphatic heterocycles. The van der Waals surface area contributed by atoms with E-state index in [0.717, 1.165) is 12.8 Å². The number of likely N-dealkylation sites (tertiary alicyclic amines) is 1. The van der Waals surface area contributed by atoms with Gasteiger partial charge in [-0.25, -0.2) is 9.59 Å². The summed E-state index contributed by atoms with van der Waals surface area (Å²) in [4.78, 5) is 66.9. The minimum Gasteiger partial charge on any atom is -0.482 e. The Morgan fingerprint density at radius 2 is 1.64 bits per heavy atom. The third kappa shape index (κ3) is 8.97. The highest BCUT2D eigenvalue weighted by Gasteiger charge is 2.37. The number of carbonyl (C=O) groups is 5. The average Bonchev–Trinajstić information content (AvgIpc) is 2.89. The van der Waals surface area contributed by atoms with E-state index >= 15 is 0 Å². The Morgan fingerprint density at radius 1 is 0.974 bits per heavy atom. The van der Waals surface area contributed by atoms with Crippen molar-refractivity contribution in [2.75, 3.05) is 45.9 Å². The van der Waals surface area contributed by atoms with Crippen LogP contribution in [0, 0.1) is 0 Å². The maximum Gasteiger partial charge on any atom is 0.410 e. The van der Waals surface area contributed by atoms with Crippen LogP contribution in [0.25, 0.3) is 0 Å². The summed E-state index contributed by atoms with van der Waals surface area (Å²) >= 11 is 0. The number of carbonyl (C=O) groups excluding carboxylic acids is 5. The number of hydrogen-bond acceptors (Lipinski definition) is 8. The maximum atomic E-state index is 12.9. The number of esters is 1. The van der Waals surface area contributed by atoms with Crippen LogP contribution in [0.2, 0.25) is 0 Å². The van der Waals surface area contributed by atoms with Gasteiger partial charge in [-0.1, -0.05) is 13.3 Å². The standard InChI is InChI=1S/C28H39N3O8/c1-5-6-15-37-26(35)19-38-22-9-7-20(8-10-22)23(32)16-30-17-25(34)31(18-24(30)33)21-11-13-29(14-12-21)27(36)39-28(2,3)4/h7-10,21H,5-6,11-19H2,1-4H3. The van der Waals surface area contributed by atoms with Crippen molar-refractivity contribution in [1.29, 1.82) is 0 Å². The molecule has 0 aliphatic carbocycles. The average molecular weight is 546 g/mol. The molecule has 214 valence electrons. The highest BCUT2D eigenvalue weighted by Crippen LogP contribution is 2.22. The summed E-state index contributed by atoms with van der Waals surface area (Å²) in [6, 6.07) is 6.11. The van der Waals surface area contributed by atoms with Crippen LogP contribution in [0.3, 0.4) is 0 Å². The molecule has 1 aromatic rings. The molecule has 2 heterocycles. The maximum absolute atomic E-state index is 12.9. The zero-order chi connectivity index (χ0) is 28.6. The van der Waals surface area contributed by atoms with Crippen molar-refractivity contribution in [3.05, 3.63) is 29.8 Å². The van der Waals surface area contributed by atoms with Crippen molar-refractivity contribution in [1.82, 2.24) is 14.7 Å². The number of rotatable bonds is 10. The number of ketones is 1. The summed E-state index contributed by atoms with van der Waals surface area (Å²) in [7, 11) is 0. The molecule has 0 radical (unpaired) electrons. The summed E-state index contributed by atoms with van der Waals surface area (Å²) in [5.74, 6) is -0.858. The van der Waals surface area contributed by atoms with Crippen molar-refractivity contribution >= 4 is 29.7 Å². The Hall–Kier alpha value is -3.63. The fraction of sp³-hybridized carbons (Fsp3) is 0.607. The van der Waals surface area contributed by atoms with Gasteiger partial charge in [-0.2, -0.15) is 0 Å². The Balaban J connectivity index is 1.45. The molecule has 11 nitrogen and oxygen atoms in total. The second kappa shape index (κ2) is 13.4. The highest BCUT2D eigenvalue weighted by molar-refractivity contribution is 6.01. The predicted molar refractivity (Wildman–Crippen MR) is 141 cm³/mol. The van der Waals surface area contributed by atoms with Gasteiger partial charge in [0.15, 0.2) is 12.4 Å². The van der Waals surface area contributed by atoms with E-state index in [1.54, 1.807) is 34.1 Å². The third-order valence-corrected chi connectivity index (χ3v) is 6.49. The molecule has 2 saturated heterocycles. The second-order valence-corrected chi connectivity index (χ2v) is 10.8. The fourth-order valence-electron chi connectivity index (χ4n) is 4.36. The third-order valence-electron chi connectivity index (χ3n) is 6.49. The van der Waals surface area contributed by atoms with Gasteiger partial charge < -0.3 is 28.9 Å². The minimum atomic E-state index is -0.580. The molecule has 0 aromatic heterocycles.